The zero-order valence-corrected chi connectivity index (χ0v) is 14.6. The van der Waals surface area contributed by atoms with Crippen LogP contribution in [0.1, 0.15) is 26.6 Å². The van der Waals surface area contributed by atoms with Crippen molar-refractivity contribution in [2.45, 2.75) is 40.3 Å². The third-order valence-electron chi connectivity index (χ3n) is 2.54. The molecule has 0 saturated heterocycles. The summed E-state index contributed by atoms with van der Waals surface area (Å²) in [4.78, 5) is 26.8. The minimum Gasteiger partial charge on any atom is -0.481 e. The van der Waals surface area contributed by atoms with Crippen molar-refractivity contribution in [3.8, 4) is 11.5 Å². The summed E-state index contributed by atoms with van der Waals surface area (Å²) in [6, 6.07) is 0.109. The van der Waals surface area contributed by atoms with Crippen molar-refractivity contribution in [1.82, 2.24) is 19.1 Å². The van der Waals surface area contributed by atoms with Gasteiger partial charge in [-0.2, -0.15) is 0 Å². The third-order valence-corrected chi connectivity index (χ3v) is 2.54. The van der Waals surface area contributed by atoms with E-state index in [9.17, 15) is 0 Å². The van der Waals surface area contributed by atoms with E-state index < -0.39 is 11.9 Å². The van der Waals surface area contributed by atoms with Gasteiger partial charge in [0.15, 0.2) is 5.82 Å². The van der Waals surface area contributed by atoms with Crippen molar-refractivity contribution in [3.05, 3.63) is 24.4 Å². The van der Waals surface area contributed by atoms with Crippen molar-refractivity contribution >= 4 is 11.9 Å². The lowest BCUT2D eigenvalue weighted by atomic mass is 10.3. The Kier molecular flexibility index (Phi) is 9.03. The van der Waals surface area contributed by atoms with Crippen molar-refractivity contribution in [1.29, 1.82) is 0 Å². The molecule has 0 aliphatic carbocycles. The molecule has 0 spiro atoms. The number of carboxylic acids is 2. The van der Waals surface area contributed by atoms with Gasteiger partial charge in [0.1, 0.15) is 11.5 Å². The van der Waals surface area contributed by atoms with E-state index >= 15 is 0 Å². The molecule has 2 rings (SSSR count). The van der Waals surface area contributed by atoms with Crippen LogP contribution in [0.5, 0.6) is 0 Å². The molecular weight excluding hydrogens is 314 g/mol. The first kappa shape index (κ1) is 21.3. The number of aliphatic carboxylic acids is 2. The summed E-state index contributed by atoms with van der Waals surface area (Å²) in [5.41, 5.74) is 6.69. The Hall–Kier alpha value is -2.68. The summed E-state index contributed by atoms with van der Waals surface area (Å²) >= 11 is 0. The molecule has 9 nitrogen and oxygen atoms in total. The number of rotatable bonds is 3. The smallest absolute Gasteiger partial charge is 0.300 e. The molecule has 0 radical (unpaired) electrons. The number of carbonyl (C=O) groups is 2. The highest BCUT2D eigenvalue weighted by Gasteiger charge is 2.11. The number of imidazole rings is 2. The first-order chi connectivity index (χ1) is 11.0. The molecule has 0 fully saturated rings. The number of hydrogen-bond acceptors (Lipinski definition) is 5. The molecule has 0 bridgehead atoms. The lowest BCUT2D eigenvalue weighted by Crippen LogP contribution is -2.22. The van der Waals surface area contributed by atoms with Crippen molar-refractivity contribution in [3.63, 3.8) is 0 Å². The quantitative estimate of drug-likeness (QED) is 0.762. The van der Waals surface area contributed by atoms with Gasteiger partial charge in [-0.15, -0.1) is 0 Å². The van der Waals surface area contributed by atoms with Crippen LogP contribution in [-0.2, 0) is 23.2 Å². The van der Waals surface area contributed by atoms with Gasteiger partial charge in [-0.25, -0.2) is 9.97 Å². The Balaban J connectivity index is 0.000000558. The van der Waals surface area contributed by atoms with Crippen LogP contribution in [0, 0.1) is 6.92 Å². The average molecular weight is 339 g/mol. The Morgan fingerprint density at radius 3 is 2.17 bits per heavy atom. The minimum absolute atomic E-state index is 0.109. The molecule has 0 unspecified atom stereocenters. The molecule has 4 N–H and O–H groups in total. The summed E-state index contributed by atoms with van der Waals surface area (Å²) in [5.74, 6) is 0.186. The second-order valence-electron chi connectivity index (χ2n) is 5.20. The zero-order chi connectivity index (χ0) is 18.9. The summed E-state index contributed by atoms with van der Waals surface area (Å²) in [7, 11) is 1.98. The first-order valence-corrected chi connectivity index (χ1v) is 7.20. The third kappa shape index (κ3) is 8.69. The van der Waals surface area contributed by atoms with E-state index in [1.165, 1.54) is 0 Å². The summed E-state index contributed by atoms with van der Waals surface area (Å²) in [6.07, 6.45) is 5.69. The first-order valence-electron chi connectivity index (χ1n) is 7.20. The Morgan fingerprint density at radius 2 is 1.79 bits per heavy atom. The Morgan fingerprint density at radius 1 is 1.29 bits per heavy atom. The number of aryl methyl sites for hydroxylation is 2. The maximum absolute atomic E-state index is 9.00. The molecule has 0 aliphatic heterocycles. The molecule has 0 saturated carbocycles. The van der Waals surface area contributed by atoms with Crippen LogP contribution in [-0.4, -0.2) is 47.3 Å². The average Bonchev–Trinajstić information content (AvgIpc) is 2.95. The molecule has 0 amide bonds. The van der Waals surface area contributed by atoms with Gasteiger partial charge in [0.25, 0.3) is 11.9 Å². The molecule has 1 atom stereocenters. The normalized spacial score (nSPS) is 10.8. The fourth-order valence-electron chi connectivity index (χ4n) is 1.67. The number of hydrogen-bond donors (Lipinski definition) is 3. The molecule has 2 aromatic heterocycles. The largest absolute Gasteiger partial charge is 0.481 e. The highest BCUT2D eigenvalue weighted by atomic mass is 16.4. The SMILES string of the molecule is CC(=O)O.CC(=O)O.Cc1nc(-c2nccn2C[C@H](C)N)cn1C. The van der Waals surface area contributed by atoms with Crippen LogP contribution < -0.4 is 5.73 Å². The van der Waals surface area contributed by atoms with Crippen LogP contribution in [0.25, 0.3) is 11.5 Å². The van der Waals surface area contributed by atoms with Gasteiger partial charge < -0.3 is 25.1 Å². The van der Waals surface area contributed by atoms with Crippen molar-refractivity contribution < 1.29 is 19.8 Å². The molecule has 0 aliphatic rings. The molecule has 9 heteroatoms. The van der Waals surface area contributed by atoms with E-state index in [2.05, 4.69) is 9.97 Å². The minimum atomic E-state index is -0.833. The maximum atomic E-state index is 9.00. The monoisotopic (exact) mass is 339 g/mol. The fraction of sp³-hybridized carbons (Fsp3) is 0.467. The van der Waals surface area contributed by atoms with Gasteiger partial charge in [0.2, 0.25) is 0 Å². The topological polar surface area (TPSA) is 136 Å². The van der Waals surface area contributed by atoms with Crippen molar-refractivity contribution in [2.75, 3.05) is 0 Å². The number of carboxylic acid groups (broad SMARTS) is 2. The van der Waals surface area contributed by atoms with Gasteiger partial charge in [0.05, 0.1) is 0 Å². The van der Waals surface area contributed by atoms with Gasteiger partial charge in [-0.3, -0.25) is 9.59 Å². The standard InChI is InChI=1S/C11H17N5.2C2H4O2/c1-8(12)6-16-5-4-13-11(16)10-7-15(3)9(2)14-10;2*1-2(3)4/h4-5,7-8H,6,12H2,1-3H3;2*1H3,(H,3,4)/t8-;;/m0../s1. The van der Waals surface area contributed by atoms with E-state index in [-0.39, 0.29) is 6.04 Å². The van der Waals surface area contributed by atoms with Gasteiger partial charge >= 0.3 is 0 Å². The maximum Gasteiger partial charge on any atom is 0.300 e. The second kappa shape index (κ2) is 10.2. The number of aromatic nitrogens is 4. The van der Waals surface area contributed by atoms with Crippen LogP contribution >= 0.6 is 0 Å². The van der Waals surface area contributed by atoms with Gasteiger partial charge in [-0.05, 0) is 13.8 Å². The molecule has 134 valence electrons. The zero-order valence-electron chi connectivity index (χ0n) is 14.6. The van der Waals surface area contributed by atoms with Gasteiger partial charge in [-0.1, -0.05) is 0 Å². The van der Waals surface area contributed by atoms with Crippen LogP contribution in [0.2, 0.25) is 0 Å². The highest BCUT2D eigenvalue weighted by Crippen LogP contribution is 2.16. The summed E-state index contributed by atoms with van der Waals surface area (Å²) in [6.45, 7) is 6.88. The predicted octanol–water partition coefficient (Wildman–Crippen LogP) is 1.12. The molecule has 2 aromatic rings. The molecule has 0 aromatic carbocycles. The summed E-state index contributed by atoms with van der Waals surface area (Å²) in [5, 5.41) is 14.8. The Labute approximate surface area is 140 Å². The lowest BCUT2D eigenvalue weighted by molar-refractivity contribution is -0.135. The van der Waals surface area contributed by atoms with Crippen LogP contribution in [0.15, 0.2) is 18.6 Å². The van der Waals surface area contributed by atoms with Crippen LogP contribution in [0.3, 0.4) is 0 Å². The lowest BCUT2D eigenvalue weighted by Gasteiger charge is -2.08. The van der Waals surface area contributed by atoms with E-state index in [1.54, 1.807) is 6.20 Å². The van der Waals surface area contributed by atoms with Crippen molar-refractivity contribution in [2.24, 2.45) is 12.8 Å². The fourth-order valence-corrected chi connectivity index (χ4v) is 1.67. The number of nitrogens with two attached hydrogens (primary N) is 1. The van der Waals surface area contributed by atoms with E-state index in [1.807, 2.05) is 42.4 Å². The molecule has 2 heterocycles. The number of nitrogens with zero attached hydrogens (tertiary/aromatic N) is 4. The Bertz CT molecular complexity index is 621. The second-order valence-corrected chi connectivity index (χ2v) is 5.20. The highest BCUT2D eigenvalue weighted by molar-refractivity contribution is 5.63. The predicted molar refractivity (Wildman–Crippen MR) is 89.4 cm³/mol. The van der Waals surface area contributed by atoms with E-state index in [0.29, 0.717) is 0 Å². The molecule has 24 heavy (non-hydrogen) atoms. The van der Waals surface area contributed by atoms with Crippen LogP contribution in [0.4, 0.5) is 0 Å². The van der Waals surface area contributed by atoms with E-state index in [0.717, 1.165) is 37.7 Å². The van der Waals surface area contributed by atoms with E-state index in [4.69, 9.17) is 25.5 Å². The summed E-state index contributed by atoms with van der Waals surface area (Å²) < 4.78 is 4.02. The molecular formula is C15H25N5O4. The van der Waals surface area contributed by atoms with Gasteiger partial charge in [0, 0.05) is 52.1 Å².